The second-order valence-corrected chi connectivity index (χ2v) is 9.47. The number of alkyl halides is 1. The van der Waals surface area contributed by atoms with Crippen LogP contribution in [0.3, 0.4) is 0 Å². The summed E-state index contributed by atoms with van der Waals surface area (Å²) in [6.45, 7) is 7.90. The molecular weight excluding hydrogens is 417 g/mol. The van der Waals surface area contributed by atoms with Crippen LogP contribution in [0.25, 0.3) is 28.0 Å². The van der Waals surface area contributed by atoms with Crippen molar-refractivity contribution in [3.8, 4) is 11.5 Å². The SMILES string of the molecule is C=C(CC1CC1)N1Cc2nc(-c3n[nH]c4cc(C5=CC(F)C(O)C=C5CC)ccc34)[nH]c2C1. The molecule has 3 aromatic rings. The fraction of sp³-hybridized carbons (Fsp3) is 0.385. The number of hydrogen-bond donors (Lipinski definition) is 3. The number of halogens is 1. The Morgan fingerprint density at radius 3 is 2.88 bits per heavy atom. The van der Waals surface area contributed by atoms with Crippen LogP contribution in [0, 0.1) is 5.92 Å². The zero-order chi connectivity index (χ0) is 22.7. The van der Waals surface area contributed by atoms with E-state index in [1.54, 1.807) is 6.08 Å². The predicted molar refractivity (Wildman–Crippen MR) is 127 cm³/mol. The van der Waals surface area contributed by atoms with Gasteiger partial charge in [0.15, 0.2) is 5.82 Å². The van der Waals surface area contributed by atoms with Crippen molar-refractivity contribution in [2.45, 2.75) is 58.0 Å². The number of allylic oxidation sites excluding steroid dienone is 3. The first kappa shape index (κ1) is 20.4. The number of aliphatic hydroxyl groups is 1. The fourth-order valence-electron chi connectivity index (χ4n) is 4.96. The second-order valence-electron chi connectivity index (χ2n) is 9.47. The molecular formula is C26H28FN5O. The van der Waals surface area contributed by atoms with E-state index in [2.05, 4.69) is 26.7 Å². The van der Waals surface area contributed by atoms with Crippen molar-refractivity contribution in [1.82, 2.24) is 25.1 Å². The lowest BCUT2D eigenvalue weighted by molar-refractivity contribution is 0.142. The van der Waals surface area contributed by atoms with E-state index < -0.39 is 12.3 Å². The van der Waals surface area contributed by atoms with Crippen molar-refractivity contribution >= 4 is 16.5 Å². The molecule has 1 saturated carbocycles. The zero-order valence-electron chi connectivity index (χ0n) is 18.7. The number of imidazole rings is 1. The molecule has 33 heavy (non-hydrogen) atoms. The minimum atomic E-state index is -1.39. The normalized spacial score (nSPS) is 22.5. The maximum Gasteiger partial charge on any atom is 0.159 e. The number of hydrogen-bond acceptors (Lipinski definition) is 4. The van der Waals surface area contributed by atoms with Gasteiger partial charge in [0.2, 0.25) is 0 Å². The minimum absolute atomic E-state index is 0.726. The number of aromatic nitrogens is 4. The molecule has 0 spiro atoms. The first-order chi connectivity index (χ1) is 16.0. The maximum absolute atomic E-state index is 14.2. The zero-order valence-corrected chi connectivity index (χ0v) is 18.7. The molecule has 1 aliphatic heterocycles. The molecule has 3 heterocycles. The van der Waals surface area contributed by atoms with E-state index in [1.165, 1.54) is 24.6 Å². The van der Waals surface area contributed by atoms with Gasteiger partial charge >= 0.3 is 0 Å². The number of fused-ring (bicyclic) bond motifs is 2. The number of rotatable bonds is 6. The van der Waals surface area contributed by atoms with Gasteiger partial charge in [-0.1, -0.05) is 19.6 Å². The van der Waals surface area contributed by atoms with Gasteiger partial charge in [0, 0.05) is 11.1 Å². The smallest absolute Gasteiger partial charge is 0.159 e. The summed E-state index contributed by atoms with van der Waals surface area (Å²) in [6.07, 6.45) is 5.15. The van der Waals surface area contributed by atoms with Crippen molar-refractivity contribution in [2.24, 2.45) is 5.92 Å². The van der Waals surface area contributed by atoms with Crippen LogP contribution in [0.4, 0.5) is 4.39 Å². The van der Waals surface area contributed by atoms with Crippen LogP contribution in [-0.4, -0.2) is 42.4 Å². The lowest BCUT2D eigenvalue weighted by Gasteiger charge is -2.21. The van der Waals surface area contributed by atoms with Crippen LogP contribution < -0.4 is 0 Å². The molecule has 2 aliphatic carbocycles. The Labute approximate surface area is 191 Å². The van der Waals surface area contributed by atoms with Crippen LogP contribution in [-0.2, 0) is 13.1 Å². The van der Waals surface area contributed by atoms with Gasteiger partial charge < -0.3 is 15.0 Å². The van der Waals surface area contributed by atoms with Gasteiger partial charge in [0.1, 0.15) is 18.0 Å². The Hall–Kier alpha value is -3.19. The lowest BCUT2D eigenvalue weighted by Crippen LogP contribution is -2.21. The number of H-pyrrole nitrogens is 2. The van der Waals surface area contributed by atoms with Crippen molar-refractivity contribution in [2.75, 3.05) is 0 Å². The molecule has 0 bridgehead atoms. The van der Waals surface area contributed by atoms with Gasteiger partial charge in [0.05, 0.1) is 30.0 Å². The molecule has 6 nitrogen and oxygen atoms in total. The number of nitrogens with zero attached hydrogens (tertiary/aromatic N) is 3. The van der Waals surface area contributed by atoms with Gasteiger partial charge in [-0.2, -0.15) is 5.10 Å². The van der Waals surface area contributed by atoms with Crippen LogP contribution in [0.1, 0.15) is 49.6 Å². The number of nitrogens with one attached hydrogen (secondary N) is 2. The molecule has 0 amide bonds. The van der Waals surface area contributed by atoms with Gasteiger partial charge in [-0.05, 0) is 72.6 Å². The van der Waals surface area contributed by atoms with E-state index in [4.69, 9.17) is 4.98 Å². The summed E-state index contributed by atoms with van der Waals surface area (Å²) in [5, 5.41) is 18.5. The summed E-state index contributed by atoms with van der Waals surface area (Å²) in [4.78, 5) is 10.6. The fourth-order valence-corrected chi connectivity index (χ4v) is 4.96. The highest BCUT2D eigenvalue weighted by atomic mass is 19.1. The van der Waals surface area contributed by atoms with Gasteiger partial charge in [-0.25, -0.2) is 9.37 Å². The standard InChI is InChI=1S/C26H28FN5O/c1-3-16-10-24(33)20(27)11-19(16)17-6-7-18-21(9-17)30-31-25(18)26-28-22-12-32(13-23(22)29-26)14(2)8-15-4-5-15/h6-7,9-11,15,20,24,33H,2-5,8,12-13H2,1H3,(H,28,29)(H,30,31). The summed E-state index contributed by atoms with van der Waals surface area (Å²) < 4.78 is 14.2. The molecule has 2 unspecified atom stereocenters. The van der Waals surface area contributed by atoms with E-state index in [0.29, 0.717) is 0 Å². The minimum Gasteiger partial charge on any atom is -0.386 e. The summed E-state index contributed by atoms with van der Waals surface area (Å²) >= 11 is 0. The monoisotopic (exact) mass is 445 g/mol. The van der Waals surface area contributed by atoms with Crippen molar-refractivity contribution in [3.05, 3.63) is 65.2 Å². The second kappa shape index (κ2) is 7.70. The van der Waals surface area contributed by atoms with Crippen molar-refractivity contribution in [3.63, 3.8) is 0 Å². The van der Waals surface area contributed by atoms with E-state index in [-0.39, 0.29) is 0 Å². The number of aliphatic hydroxyl groups excluding tert-OH is 1. The Morgan fingerprint density at radius 2 is 2.12 bits per heavy atom. The molecule has 1 fully saturated rings. The molecule has 1 aromatic carbocycles. The Morgan fingerprint density at radius 1 is 1.27 bits per heavy atom. The maximum atomic E-state index is 14.2. The van der Waals surface area contributed by atoms with Crippen LogP contribution in [0.15, 0.2) is 48.2 Å². The van der Waals surface area contributed by atoms with Crippen LogP contribution in [0.2, 0.25) is 0 Å². The largest absolute Gasteiger partial charge is 0.386 e. The van der Waals surface area contributed by atoms with E-state index in [0.717, 1.165) is 82.4 Å². The Bertz CT molecular complexity index is 1290. The molecule has 170 valence electrons. The van der Waals surface area contributed by atoms with Gasteiger partial charge in [-0.3, -0.25) is 5.10 Å². The van der Waals surface area contributed by atoms with Crippen molar-refractivity contribution in [1.29, 1.82) is 0 Å². The average molecular weight is 446 g/mol. The lowest BCUT2D eigenvalue weighted by atomic mass is 9.88. The molecule has 0 saturated heterocycles. The van der Waals surface area contributed by atoms with E-state index >= 15 is 0 Å². The highest BCUT2D eigenvalue weighted by molar-refractivity contribution is 5.94. The highest BCUT2D eigenvalue weighted by Gasteiger charge is 2.29. The van der Waals surface area contributed by atoms with Crippen LogP contribution in [0.5, 0.6) is 0 Å². The first-order valence-corrected chi connectivity index (χ1v) is 11.7. The predicted octanol–water partition coefficient (Wildman–Crippen LogP) is 5.01. The van der Waals surface area contributed by atoms with Gasteiger partial charge in [0.25, 0.3) is 0 Å². The summed E-state index contributed by atoms with van der Waals surface area (Å²) in [6, 6.07) is 5.99. The quantitative estimate of drug-likeness (QED) is 0.498. The molecule has 0 radical (unpaired) electrons. The van der Waals surface area contributed by atoms with E-state index in [1.807, 2.05) is 25.1 Å². The molecule has 3 aliphatic rings. The molecule has 3 N–H and O–H groups in total. The number of aromatic amines is 2. The van der Waals surface area contributed by atoms with Gasteiger partial charge in [-0.15, -0.1) is 0 Å². The first-order valence-electron chi connectivity index (χ1n) is 11.7. The summed E-state index contributed by atoms with van der Waals surface area (Å²) in [5.41, 5.74) is 7.76. The third-order valence-corrected chi connectivity index (χ3v) is 7.07. The average Bonchev–Trinajstić information content (AvgIpc) is 3.19. The molecule has 6 rings (SSSR count). The third kappa shape index (κ3) is 3.60. The topological polar surface area (TPSA) is 80.8 Å². The Kier molecular flexibility index (Phi) is 4.76. The number of benzene rings is 1. The van der Waals surface area contributed by atoms with Crippen LogP contribution >= 0.6 is 0 Å². The molecule has 2 atom stereocenters. The summed E-state index contributed by atoms with van der Waals surface area (Å²) in [5.74, 6) is 1.60. The highest BCUT2D eigenvalue weighted by Crippen LogP contribution is 2.38. The molecule has 2 aromatic heterocycles. The summed E-state index contributed by atoms with van der Waals surface area (Å²) in [7, 11) is 0. The Balaban J connectivity index is 1.26. The molecule has 7 heteroatoms. The van der Waals surface area contributed by atoms with E-state index in [9.17, 15) is 9.50 Å². The van der Waals surface area contributed by atoms with Crippen molar-refractivity contribution < 1.29 is 9.50 Å². The third-order valence-electron chi connectivity index (χ3n) is 7.07.